The van der Waals surface area contributed by atoms with Crippen molar-refractivity contribution in [2.45, 2.75) is 20.4 Å². The largest absolute Gasteiger partial charge is 0.461 e. The molecule has 0 N–H and O–H groups in total. The Morgan fingerprint density at radius 2 is 1.78 bits per heavy atom. The highest BCUT2D eigenvalue weighted by molar-refractivity contribution is 6.02. The van der Waals surface area contributed by atoms with E-state index in [9.17, 15) is 4.79 Å². The van der Waals surface area contributed by atoms with E-state index >= 15 is 0 Å². The molecule has 1 heterocycles. The number of hydrogen-bond acceptors (Lipinski definition) is 3. The molecule has 0 spiro atoms. The molecule has 0 aliphatic carbocycles. The average Bonchev–Trinajstić information content (AvgIpc) is 2.92. The summed E-state index contributed by atoms with van der Waals surface area (Å²) in [7, 11) is 0. The summed E-state index contributed by atoms with van der Waals surface area (Å²) in [6.07, 6.45) is 0. The van der Waals surface area contributed by atoms with Crippen molar-refractivity contribution >= 4 is 16.9 Å². The molecule has 0 unspecified atom stereocenters. The molecule has 0 atom stereocenters. The summed E-state index contributed by atoms with van der Waals surface area (Å²) in [6.45, 7) is 5.05. The van der Waals surface area contributed by atoms with E-state index in [4.69, 9.17) is 4.74 Å². The van der Waals surface area contributed by atoms with Gasteiger partial charge >= 0.3 is 5.97 Å². The standard InChI is InChI=1S/C19H20N2O2/c1-14(2)13-23-19(22)18-16-10-6-7-11-17(16)21(20-18)12-15-8-4-3-5-9-15/h3-11,14H,12-13H2,1-2H3. The number of nitrogens with zero attached hydrogens (tertiary/aromatic N) is 2. The number of hydrogen-bond donors (Lipinski definition) is 0. The van der Waals surface area contributed by atoms with Crippen molar-refractivity contribution in [3.05, 3.63) is 65.9 Å². The number of para-hydroxylation sites is 1. The smallest absolute Gasteiger partial charge is 0.359 e. The average molecular weight is 308 g/mol. The minimum absolute atomic E-state index is 0.302. The number of aromatic nitrogens is 2. The molecule has 0 saturated carbocycles. The van der Waals surface area contributed by atoms with E-state index in [1.165, 1.54) is 0 Å². The molecule has 118 valence electrons. The zero-order valence-corrected chi connectivity index (χ0v) is 13.4. The van der Waals surface area contributed by atoms with E-state index < -0.39 is 0 Å². The fourth-order valence-corrected chi connectivity index (χ4v) is 2.47. The monoisotopic (exact) mass is 308 g/mol. The first-order valence-corrected chi connectivity index (χ1v) is 7.81. The predicted octanol–water partition coefficient (Wildman–Crippen LogP) is 3.90. The molecule has 23 heavy (non-hydrogen) atoms. The minimum Gasteiger partial charge on any atom is -0.461 e. The number of rotatable bonds is 5. The van der Waals surface area contributed by atoms with Crippen molar-refractivity contribution in [1.29, 1.82) is 0 Å². The maximum atomic E-state index is 12.3. The Labute approximate surface area is 135 Å². The number of fused-ring (bicyclic) bond motifs is 1. The van der Waals surface area contributed by atoms with Gasteiger partial charge in [-0.15, -0.1) is 0 Å². The van der Waals surface area contributed by atoms with E-state index in [2.05, 4.69) is 5.10 Å². The van der Waals surface area contributed by atoms with Gasteiger partial charge < -0.3 is 4.74 Å². The highest BCUT2D eigenvalue weighted by Crippen LogP contribution is 2.20. The number of carbonyl (C=O) groups excluding carboxylic acids is 1. The van der Waals surface area contributed by atoms with E-state index in [0.29, 0.717) is 24.8 Å². The summed E-state index contributed by atoms with van der Waals surface area (Å²) in [5, 5.41) is 5.34. The van der Waals surface area contributed by atoms with Gasteiger partial charge in [0.25, 0.3) is 0 Å². The molecule has 0 fully saturated rings. The first-order chi connectivity index (χ1) is 11.1. The molecule has 1 aromatic heterocycles. The van der Waals surface area contributed by atoms with Crippen LogP contribution in [0.3, 0.4) is 0 Å². The van der Waals surface area contributed by atoms with E-state index in [0.717, 1.165) is 16.5 Å². The van der Waals surface area contributed by atoms with Gasteiger partial charge in [-0.25, -0.2) is 4.79 Å². The van der Waals surface area contributed by atoms with Gasteiger partial charge in [-0.2, -0.15) is 5.10 Å². The zero-order valence-electron chi connectivity index (χ0n) is 13.4. The quantitative estimate of drug-likeness (QED) is 0.672. The molecule has 3 rings (SSSR count). The Balaban J connectivity index is 1.95. The van der Waals surface area contributed by atoms with Crippen molar-refractivity contribution < 1.29 is 9.53 Å². The summed E-state index contributed by atoms with van der Waals surface area (Å²) >= 11 is 0. The number of benzene rings is 2. The van der Waals surface area contributed by atoms with Gasteiger partial charge in [0, 0.05) is 5.39 Å². The van der Waals surface area contributed by atoms with Crippen LogP contribution in [0.25, 0.3) is 10.9 Å². The molecule has 0 amide bonds. The van der Waals surface area contributed by atoms with E-state index in [1.54, 1.807) is 0 Å². The van der Waals surface area contributed by atoms with Crippen LogP contribution in [-0.2, 0) is 11.3 Å². The SMILES string of the molecule is CC(C)COC(=O)c1nn(Cc2ccccc2)c2ccccc12. The van der Waals surface area contributed by atoms with Crippen LogP contribution in [-0.4, -0.2) is 22.4 Å². The van der Waals surface area contributed by atoms with Crippen LogP contribution in [0.2, 0.25) is 0 Å². The first kappa shape index (κ1) is 15.3. The fraction of sp³-hybridized carbons (Fsp3) is 0.263. The first-order valence-electron chi connectivity index (χ1n) is 7.81. The maximum absolute atomic E-state index is 12.3. The lowest BCUT2D eigenvalue weighted by molar-refractivity contribution is 0.0453. The summed E-state index contributed by atoms with van der Waals surface area (Å²) in [5.41, 5.74) is 2.47. The molecule has 3 aromatic rings. The lowest BCUT2D eigenvalue weighted by Crippen LogP contribution is -2.12. The topological polar surface area (TPSA) is 44.1 Å². The van der Waals surface area contributed by atoms with Gasteiger partial charge in [-0.05, 0) is 17.5 Å². The number of ether oxygens (including phenoxy) is 1. The van der Waals surface area contributed by atoms with Crippen LogP contribution >= 0.6 is 0 Å². The third kappa shape index (κ3) is 3.42. The molecular weight excluding hydrogens is 288 g/mol. The van der Waals surface area contributed by atoms with Gasteiger partial charge in [-0.3, -0.25) is 4.68 Å². The maximum Gasteiger partial charge on any atom is 0.359 e. The Morgan fingerprint density at radius 1 is 1.09 bits per heavy atom. The third-order valence-corrected chi connectivity index (χ3v) is 3.57. The van der Waals surface area contributed by atoms with Gasteiger partial charge in [0.15, 0.2) is 5.69 Å². The van der Waals surface area contributed by atoms with Crippen LogP contribution in [0.5, 0.6) is 0 Å². The molecule has 0 bridgehead atoms. The highest BCUT2D eigenvalue weighted by Gasteiger charge is 2.18. The fourth-order valence-electron chi connectivity index (χ4n) is 2.47. The molecular formula is C19H20N2O2. The van der Waals surface area contributed by atoms with Crippen molar-refractivity contribution in [3.63, 3.8) is 0 Å². The second-order valence-electron chi connectivity index (χ2n) is 6.00. The molecule has 4 heteroatoms. The minimum atomic E-state index is -0.360. The Hall–Kier alpha value is -2.62. The molecule has 4 nitrogen and oxygen atoms in total. The highest BCUT2D eigenvalue weighted by atomic mass is 16.5. The van der Waals surface area contributed by atoms with E-state index in [-0.39, 0.29) is 5.97 Å². The van der Waals surface area contributed by atoms with E-state index in [1.807, 2.05) is 73.1 Å². The second-order valence-corrected chi connectivity index (χ2v) is 6.00. The Kier molecular flexibility index (Phi) is 4.42. The van der Waals surface area contributed by atoms with Crippen LogP contribution in [0, 0.1) is 5.92 Å². The van der Waals surface area contributed by atoms with Gasteiger partial charge in [-0.1, -0.05) is 62.4 Å². The van der Waals surface area contributed by atoms with Crippen molar-refractivity contribution in [1.82, 2.24) is 9.78 Å². The molecule has 0 aliphatic rings. The van der Waals surface area contributed by atoms with Crippen LogP contribution in [0.1, 0.15) is 29.9 Å². The van der Waals surface area contributed by atoms with Gasteiger partial charge in [0.1, 0.15) is 0 Å². The lowest BCUT2D eigenvalue weighted by atomic mass is 10.2. The van der Waals surface area contributed by atoms with Crippen molar-refractivity contribution in [2.24, 2.45) is 5.92 Å². The van der Waals surface area contributed by atoms with Gasteiger partial charge in [0.05, 0.1) is 18.7 Å². The third-order valence-electron chi connectivity index (χ3n) is 3.57. The lowest BCUT2D eigenvalue weighted by Gasteiger charge is -2.05. The van der Waals surface area contributed by atoms with Gasteiger partial charge in [0.2, 0.25) is 0 Å². The number of carbonyl (C=O) groups is 1. The van der Waals surface area contributed by atoms with Crippen LogP contribution in [0.15, 0.2) is 54.6 Å². The van der Waals surface area contributed by atoms with Crippen molar-refractivity contribution in [3.8, 4) is 0 Å². The predicted molar refractivity (Wildman–Crippen MR) is 90.4 cm³/mol. The molecule has 0 saturated heterocycles. The molecule has 2 aromatic carbocycles. The Morgan fingerprint density at radius 3 is 2.52 bits per heavy atom. The second kappa shape index (κ2) is 6.65. The van der Waals surface area contributed by atoms with Crippen LogP contribution < -0.4 is 0 Å². The normalized spacial score (nSPS) is 11.1. The van der Waals surface area contributed by atoms with Crippen molar-refractivity contribution in [2.75, 3.05) is 6.61 Å². The number of esters is 1. The Bertz CT molecular complexity index is 807. The summed E-state index contributed by atoms with van der Waals surface area (Å²) in [4.78, 5) is 12.3. The zero-order chi connectivity index (χ0) is 16.2. The molecule has 0 radical (unpaired) electrons. The summed E-state index contributed by atoms with van der Waals surface area (Å²) in [5.74, 6) is -0.0571. The summed E-state index contributed by atoms with van der Waals surface area (Å²) in [6, 6.07) is 17.8. The van der Waals surface area contributed by atoms with Crippen LogP contribution in [0.4, 0.5) is 0 Å². The molecule has 0 aliphatic heterocycles. The summed E-state index contributed by atoms with van der Waals surface area (Å²) < 4.78 is 7.20.